The maximum absolute atomic E-state index is 11.2. The summed E-state index contributed by atoms with van der Waals surface area (Å²) in [5.41, 5.74) is 2.38. The molecule has 1 unspecified atom stereocenters. The van der Waals surface area contributed by atoms with Crippen LogP contribution in [0.2, 0.25) is 0 Å². The molecule has 14 heavy (non-hydrogen) atoms. The van der Waals surface area contributed by atoms with E-state index in [4.69, 9.17) is 0 Å². The normalized spacial score (nSPS) is 11.8. The lowest BCUT2D eigenvalue weighted by molar-refractivity contribution is -0.530. The Morgan fingerprint density at radius 2 is 2.00 bits per heavy atom. The summed E-state index contributed by atoms with van der Waals surface area (Å²) < 4.78 is 0. The van der Waals surface area contributed by atoms with E-state index in [9.17, 15) is 14.9 Å². The summed E-state index contributed by atoms with van der Waals surface area (Å²) in [7, 11) is 0. The molecule has 0 saturated heterocycles. The monoisotopic (exact) mass is 194 g/mol. The number of rotatable bonds is 3. The molecule has 0 aliphatic heterocycles. The number of hydrazine groups is 1. The zero-order valence-corrected chi connectivity index (χ0v) is 7.64. The Bertz CT molecular complexity index is 337. The van der Waals surface area contributed by atoms with Crippen LogP contribution < -0.4 is 5.43 Å². The molecule has 1 aromatic carbocycles. The minimum atomic E-state index is -0.845. The van der Waals surface area contributed by atoms with Gasteiger partial charge in [-0.15, -0.1) is 0 Å². The van der Waals surface area contributed by atoms with Crippen molar-refractivity contribution >= 4 is 5.91 Å². The second kappa shape index (κ2) is 4.36. The van der Waals surface area contributed by atoms with E-state index in [0.717, 1.165) is 5.56 Å². The topological polar surface area (TPSA) is 72.2 Å². The number of carbonyl (C=O) groups is 1. The van der Waals surface area contributed by atoms with E-state index in [1.165, 1.54) is 0 Å². The predicted octanol–water partition coefficient (Wildman–Crippen LogP) is 1.10. The fourth-order valence-electron chi connectivity index (χ4n) is 1.08. The molecule has 5 nitrogen and oxygen atoms in total. The van der Waals surface area contributed by atoms with Crippen LogP contribution >= 0.6 is 0 Å². The molecule has 0 heterocycles. The van der Waals surface area contributed by atoms with Crippen LogP contribution in [0.1, 0.15) is 18.4 Å². The SMILES string of the molecule is CC(C(=O)N[N+](=O)[O-])c1ccccc1. The predicted molar refractivity (Wildman–Crippen MR) is 50.0 cm³/mol. The first-order chi connectivity index (χ1) is 6.61. The van der Waals surface area contributed by atoms with Crippen molar-refractivity contribution in [1.29, 1.82) is 0 Å². The van der Waals surface area contributed by atoms with Crippen molar-refractivity contribution < 1.29 is 9.83 Å². The lowest BCUT2D eigenvalue weighted by atomic mass is 10.0. The number of hydrogen-bond acceptors (Lipinski definition) is 3. The van der Waals surface area contributed by atoms with Crippen LogP contribution in [0.3, 0.4) is 0 Å². The van der Waals surface area contributed by atoms with Crippen molar-refractivity contribution in [2.75, 3.05) is 0 Å². The third-order valence-electron chi connectivity index (χ3n) is 1.89. The van der Waals surface area contributed by atoms with Crippen molar-refractivity contribution in [3.8, 4) is 0 Å². The third-order valence-corrected chi connectivity index (χ3v) is 1.89. The van der Waals surface area contributed by atoms with Crippen LogP contribution in [0.25, 0.3) is 0 Å². The summed E-state index contributed by atoms with van der Waals surface area (Å²) in [5.74, 6) is -1.12. The van der Waals surface area contributed by atoms with Gasteiger partial charge in [0.15, 0.2) is 5.03 Å². The maximum Gasteiger partial charge on any atom is 0.287 e. The molecule has 1 aromatic rings. The van der Waals surface area contributed by atoms with Crippen molar-refractivity contribution in [2.24, 2.45) is 0 Å². The van der Waals surface area contributed by atoms with Crippen molar-refractivity contribution in [3.05, 3.63) is 46.0 Å². The van der Waals surface area contributed by atoms with Crippen LogP contribution in [-0.4, -0.2) is 10.9 Å². The summed E-state index contributed by atoms with van der Waals surface area (Å²) in [6, 6.07) is 8.90. The molecule has 0 radical (unpaired) electrons. The molecule has 0 bridgehead atoms. The number of carbonyl (C=O) groups excluding carboxylic acids is 1. The van der Waals surface area contributed by atoms with E-state index in [1.54, 1.807) is 36.6 Å². The highest BCUT2D eigenvalue weighted by molar-refractivity contribution is 5.82. The fraction of sp³-hybridized carbons (Fsp3) is 0.222. The van der Waals surface area contributed by atoms with Crippen LogP contribution in [0, 0.1) is 10.1 Å². The zero-order valence-electron chi connectivity index (χ0n) is 7.64. The second-order valence-electron chi connectivity index (χ2n) is 2.87. The van der Waals surface area contributed by atoms with E-state index < -0.39 is 16.9 Å². The number of nitro groups is 1. The highest BCUT2D eigenvalue weighted by Gasteiger charge is 2.18. The van der Waals surface area contributed by atoms with Gasteiger partial charge in [-0.05, 0) is 12.5 Å². The van der Waals surface area contributed by atoms with E-state index >= 15 is 0 Å². The van der Waals surface area contributed by atoms with E-state index in [2.05, 4.69) is 0 Å². The average molecular weight is 194 g/mol. The first-order valence-electron chi connectivity index (χ1n) is 4.11. The quantitative estimate of drug-likeness (QED) is 0.578. The average Bonchev–Trinajstić information content (AvgIpc) is 2.17. The van der Waals surface area contributed by atoms with Crippen LogP contribution in [-0.2, 0) is 4.79 Å². The first kappa shape index (κ1) is 10.2. The molecule has 1 N–H and O–H groups in total. The lowest BCUT2D eigenvalue weighted by Gasteiger charge is -2.07. The summed E-state index contributed by atoms with van der Waals surface area (Å²) in [4.78, 5) is 21.2. The number of nitrogens with zero attached hydrogens (tertiary/aromatic N) is 1. The number of hydrogen-bond donors (Lipinski definition) is 1. The largest absolute Gasteiger partial charge is 0.287 e. The molecule has 1 amide bonds. The highest BCUT2D eigenvalue weighted by atomic mass is 16.7. The molecule has 0 spiro atoms. The maximum atomic E-state index is 11.2. The number of nitrogens with one attached hydrogen (secondary N) is 1. The summed E-state index contributed by atoms with van der Waals surface area (Å²) >= 11 is 0. The van der Waals surface area contributed by atoms with Crippen LogP contribution in [0.15, 0.2) is 30.3 Å². The lowest BCUT2D eigenvalue weighted by Crippen LogP contribution is -2.32. The molecule has 0 aliphatic rings. The minimum absolute atomic E-state index is 0.512. The highest BCUT2D eigenvalue weighted by Crippen LogP contribution is 2.13. The molecule has 1 rings (SSSR count). The third kappa shape index (κ3) is 2.55. The van der Waals surface area contributed by atoms with Crippen molar-refractivity contribution in [1.82, 2.24) is 5.43 Å². The molecule has 74 valence electrons. The van der Waals surface area contributed by atoms with Gasteiger partial charge >= 0.3 is 0 Å². The van der Waals surface area contributed by atoms with E-state index in [-0.39, 0.29) is 0 Å². The summed E-state index contributed by atoms with van der Waals surface area (Å²) in [6.45, 7) is 1.62. The van der Waals surface area contributed by atoms with Crippen LogP contribution in [0.5, 0.6) is 0 Å². The van der Waals surface area contributed by atoms with Gasteiger partial charge in [0, 0.05) is 0 Å². The Hall–Kier alpha value is -1.91. The Labute approximate surface area is 80.9 Å². The smallest absolute Gasteiger partial charge is 0.268 e. The van der Waals surface area contributed by atoms with E-state index in [1.807, 2.05) is 6.07 Å². The van der Waals surface area contributed by atoms with Gasteiger partial charge in [0.2, 0.25) is 0 Å². The van der Waals surface area contributed by atoms with Gasteiger partial charge in [-0.25, -0.2) is 10.1 Å². The molecule has 1 atom stereocenters. The zero-order chi connectivity index (χ0) is 10.6. The first-order valence-corrected chi connectivity index (χ1v) is 4.11. The fourth-order valence-corrected chi connectivity index (χ4v) is 1.08. The summed E-state index contributed by atoms with van der Waals surface area (Å²) in [5, 5.41) is 9.17. The van der Waals surface area contributed by atoms with Gasteiger partial charge in [0.1, 0.15) is 0 Å². The van der Waals surface area contributed by atoms with Gasteiger partial charge in [-0.1, -0.05) is 35.8 Å². The molecular weight excluding hydrogens is 184 g/mol. The Kier molecular flexibility index (Phi) is 3.17. The molecule has 5 heteroatoms. The van der Waals surface area contributed by atoms with Gasteiger partial charge in [-0.3, -0.25) is 4.79 Å². The second-order valence-corrected chi connectivity index (χ2v) is 2.87. The van der Waals surface area contributed by atoms with Gasteiger partial charge in [0.05, 0.1) is 5.92 Å². The van der Waals surface area contributed by atoms with E-state index in [0.29, 0.717) is 0 Å². The summed E-state index contributed by atoms with van der Waals surface area (Å²) in [6.07, 6.45) is 0. The van der Waals surface area contributed by atoms with Gasteiger partial charge in [0.25, 0.3) is 5.91 Å². The molecule has 0 fully saturated rings. The Morgan fingerprint density at radius 1 is 1.43 bits per heavy atom. The molecular formula is C9H10N2O3. The minimum Gasteiger partial charge on any atom is -0.268 e. The Balaban J connectivity index is 2.71. The Morgan fingerprint density at radius 3 is 2.50 bits per heavy atom. The molecule has 0 aromatic heterocycles. The number of benzene rings is 1. The van der Waals surface area contributed by atoms with Crippen molar-refractivity contribution in [3.63, 3.8) is 0 Å². The van der Waals surface area contributed by atoms with Crippen LogP contribution in [0.4, 0.5) is 0 Å². The standard InChI is InChI=1S/C9H10N2O3/c1-7(9(12)10-11(13)14)8-5-3-2-4-6-8/h2-7H,1H3,(H,10,12). The molecule has 0 saturated carbocycles. The van der Waals surface area contributed by atoms with Crippen molar-refractivity contribution in [2.45, 2.75) is 12.8 Å². The number of amides is 1. The molecule has 0 aliphatic carbocycles. The van der Waals surface area contributed by atoms with Gasteiger partial charge < -0.3 is 0 Å². The van der Waals surface area contributed by atoms with Gasteiger partial charge in [-0.2, -0.15) is 0 Å².